The largest absolute Gasteiger partial charge is 0.253 e. The van der Waals surface area contributed by atoms with E-state index in [0.29, 0.717) is 10.3 Å². The van der Waals surface area contributed by atoms with Crippen LogP contribution < -0.4 is 0 Å². The van der Waals surface area contributed by atoms with Gasteiger partial charge in [-0.3, -0.25) is 4.68 Å². The molecule has 1 heterocycles. The van der Waals surface area contributed by atoms with Crippen LogP contribution in [0.3, 0.4) is 0 Å². The molecule has 0 amide bonds. The van der Waals surface area contributed by atoms with Gasteiger partial charge in [-0.15, -0.1) is 0 Å². The van der Waals surface area contributed by atoms with Gasteiger partial charge in [-0.1, -0.05) is 23.2 Å². The molecule has 0 saturated carbocycles. The van der Waals surface area contributed by atoms with Crippen LogP contribution in [0.4, 0.5) is 0 Å². The van der Waals surface area contributed by atoms with Crippen molar-refractivity contribution in [1.29, 1.82) is 0 Å². The van der Waals surface area contributed by atoms with E-state index in [4.69, 9.17) is 23.2 Å². The van der Waals surface area contributed by atoms with Crippen LogP contribution in [0.25, 0.3) is 0 Å². The molecule has 0 aromatic carbocycles. The summed E-state index contributed by atoms with van der Waals surface area (Å²) in [6.07, 6.45) is 0. The van der Waals surface area contributed by atoms with Crippen molar-refractivity contribution in [1.82, 2.24) is 9.78 Å². The van der Waals surface area contributed by atoms with Gasteiger partial charge in [0.1, 0.15) is 5.15 Å². The summed E-state index contributed by atoms with van der Waals surface area (Å²) in [5.74, 6) is 0. The average Bonchev–Trinajstić information content (AvgIpc) is 2.17. The minimum atomic E-state index is 0.492. The Morgan fingerprint density at radius 2 is 2.10 bits per heavy atom. The second-order valence-electron chi connectivity index (χ2n) is 2.02. The van der Waals surface area contributed by atoms with Crippen LogP contribution in [-0.4, -0.2) is 9.78 Å². The van der Waals surface area contributed by atoms with Crippen molar-refractivity contribution < 1.29 is 0 Å². The molecular weight excluding hydrogens is 171 g/mol. The summed E-state index contributed by atoms with van der Waals surface area (Å²) in [4.78, 5) is 0. The molecule has 0 aliphatic rings. The van der Waals surface area contributed by atoms with Crippen LogP contribution in [0.15, 0.2) is 0 Å². The van der Waals surface area contributed by atoms with Crippen molar-refractivity contribution in [3.63, 3.8) is 0 Å². The van der Waals surface area contributed by atoms with Crippen molar-refractivity contribution in [2.75, 3.05) is 0 Å². The van der Waals surface area contributed by atoms with E-state index in [2.05, 4.69) is 5.10 Å². The molecule has 0 spiro atoms. The van der Waals surface area contributed by atoms with Gasteiger partial charge >= 0.3 is 0 Å². The molecule has 0 radical (unpaired) electrons. The van der Waals surface area contributed by atoms with E-state index < -0.39 is 0 Å². The predicted molar refractivity (Wildman–Crippen MR) is 42.7 cm³/mol. The SMILES string of the molecule is CCn1nc(Cl)c(C)c1Cl. The Balaban J connectivity index is 3.17. The van der Waals surface area contributed by atoms with Gasteiger partial charge in [-0.25, -0.2) is 0 Å². The lowest BCUT2D eigenvalue weighted by atomic mass is 10.4. The highest BCUT2D eigenvalue weighted by atomic mass is 35.5. The molecule has 2 nitrogen and oxygen atoms in total. The Labute approximate surface area is 69.7 Å². The minimum absolute atomic E-state index is 0.492. The highest BCUT2D eigenvalue weighted by molar-refractivity contribution is 6.34. The molecule has 4 heteroatoms. The fraction of sp³-hybridized carbons (Fsp3) is 0.500. The number of hydrogen-bond acceptors (Lipinski definition) is 1. The third-order valence-electron chi connectivity index (χ3n) is 1.35. The highest BCUT2D eigenvalue weighted by Gasteiger charge is 2.07. The van der Waals surface area contributed by atoms with Gasteiger partial charge in [-0.05, 0) is 13.8 Å². The van der Waals surface area contributed by atoms with Crippen molar-refractivity contribution in [3.05, 3.63) is 15.9 Å². The van der Waals surface area contributed by atoms with Gasteiger partial charge in [-0.2, -0.15) is 5.10 Å². The van der Waals surface area contributed by atoms with Crippen LogP contribution in [0.1, 0.15) is 12.5 Å². The topological polar surface area (TPSA) is 17.8 Å². The molecule has 1 aromatic heterocycles. The molecule has 0 aliphatic carbocycles. The number of halogens is 2. The third-order valence-corrected chi connectivity index (χ3v) is 2.19. The number of rotatable bonds is 1. The van der Waals surface area contributed by atoms with E-state index in [-0.39, 0.29) is 0 Å². The third kappa shape index (κ3) is 1.13. The van der Waals surface area contributed by atoms with Crippen LogP contribution in [0.2, 0.25) is 10.3 Å². The summed E-state index contributed by atoms with van der Waals surface area (Å²) < 4.78 is 1.67. The first-order valence-electron chi connectivity index (χ1n) is 3.05. The lowest BCUT2D eigenvalue weighted by Crippen LogP contribution is -1.95. The second-order valence-corrected chi connectivity index (χ2v) is 2.74. The van der Waals surface area contributed by atoms with Crippen molar-refractivity contribution in [2.24, 2.45) is 0 Å². The first-order chi connectivity index (χ1) is 4.66. The molecule has 1 rings (SSSR count). The number of hydrogen-bond donors (Lipinski definition) is 0. The minimum Gasteiger partial charge on any atom is -0.253 e. The zero-order valence-corrected chi connectivity index (χ0v) is 7.37. The fourth-order valence-electron chi connectivity index (χ4n) is 0.713. The normalized spacial score (nSPS) is 10.4. The molecular formula is C6H8Cl2N2. The summed E-state index contributed by atoms with van der Waals surface area (Å²) in [7, 11) is 0. The maximum absolute atomic E-state index is 5.83. The van der Waals surface area contributed by atoms with Crippen LogP contribution in [0, 0.1) is 6.92 Å². The van der Waals surface area contributed by atoms with E-state index in [1.54, 1.807) is 4.68 Å². The quantitative estimate of drug-likeness (QED) is 0.647. The van der Waals surface area contributed by atoms with Crippen LogP contribution >= 0.6 is 23.2 Å². The van der Waals surface area contributed by atoms with Crippen LogP contribution in [-0.2, 0) is 6.54 Å². The zero-order valence-electron chi connectivity index (χ0n) is 5.86. The molecule has 0 unspecified atom stereocenters. The molecule has 0 atom stereocenters. The smallest absolute Gasteiger partial charge is 0.155 e. The van der Waals surface area contributed by atoms with E-state index in [0.717, 1.165) is 12.1 Å². The lowest BCUT2D eigenvalue weighted by Gasteiger charge is -1.94. The van der Waals surface area contributed by atoms with E-state index in [1.807, 2.05) is 13.8 Å². The molecule has 0 fully saturated rings. The van der Waals surface area contributed by atoms with Gasteiger partial charge in [0.05, 0.1) is 0 Å². The van der Waals surface area contributed by atoms with Gasteiger partial charge in [0.25, 0.3) is 0 Å². The number of aromatic nitrogens is 2. The van der Waals surface area contributed by atoms with E-state index in [9.17, 15) is 0 Å². The van der Waals surface area contributed by atoms with Crippen molar-refractivity contribution >= 4 is 23.2 Å². The summed E-state index contributed by atoms with van der Waals surface area (Å²) in [6.45, 7) is 4.57. The fourth-order valence-corrected chi connectivity index (χ4v) is 1.19. The Hall–Kier alpha value is -0.210. The standard InChI is InChI=1S/C6H8Cl2N2/c1-3-10-6(8)4(2)5(7)9-10/h3H2,1-2H3. The maximum atomic E-state index is 5.83. The predicted octanol–water partition coefficient (Wildman–Crippen LogP) is 2.52. The molecule has 0 aliphatic heterocycles. The molecule has 0 N–H and O–H groups in total. The number of nitrogens with zero attached hydrogens (tertiary/aromatic N) is 2. The number of aryl methyl sites for hydroxylation is 1. The maximum Gasteiger partial charge on any atom is 0.155 e. The van der Waals surface area contributed by atoms with E-state index >= 15 is 0 Å². The van der Waals surface area contributed by atoms with Crippen molar-refractivity contribution in [3.8, 4) is 0 Å². The van der Waals surface area contributed by atoms with Gasteiger partial charge in [0.15, 0.2) is 5.15 Å². The molecule has 0 bridgehead atoms. The molecule has 10 heavy (non-hydrogen) atoms. The van der Waals surface area contributed by atoms with Gasteiger partial charge in [0.2, 0.25) is 0 Å². The van der Waals surface area contributed by atoms with Gasteiger partial charge in [0, 0.05) is 12.1 Å². The Morgan fingerprint density at radius 3 is 2.30 bits per heavy atom. The van der Waals surface area contributed by atoms with Crippen molar-refractivity contribution in [2.45, 2.75) is 20.4 Å². The lowest BCUT2D eigenvalue weighted by molar-refractivity contribution is 0.661. The summed E-state index contributed by atoms with van der Waals surface area (Å²) in [5.41, 5.74) is 0.852. The van der Waals surface area contributed by atoms with Gasteiger partial charge < -0.3 is 0 Å². The second kappa shape index (κ2) is 2.81. The Morgan fingerprint density at radius 1 is 1.50 bits per heavy atom. The summed E-state index contributed by atoms with van der Waals surface area (Å²) in [6, 6.07) is 0. The zero-order chi connectivity index (χ0) is 7.72. The monoisotopic (exact) mass is 178 g/mol. The highest BCUT2D eigenvalue weighted by Crippen LogP contribution is 2.21. The molecule has 1 aromatic rings. The van der Waals surface area contributed by atoms with Crippen LogP contribution in [0.5, 0.6) is 0 Å². The Bertz CT molecular complexity index is 242. The molecule has 56 valence electrons. The first-order valence-corrected chi connectivity index (χ1v) is 3.80. The Kier molecular flexibility index (Phi) is 2.21. The first kappa shape index (κ1) is 7.89. The molecule has 0 saturated heterocycles. The summed E-state index contributed by atoms with van der Waals surface area (Å²) in [5, 5.41) is 5.10. The summed E-state index contributed by atoms with van der Waals surface area (Å²) >= 11 is 11.5. The van der Waals surface area contributed by atoms with E-state index in [1.165, 1.54) is 0 Å². The average molecular weight is 179 g/mol.